The van der Waals surface area contributed by atoms with Crippen molar-refractivity contribution in [1.29, 1.82) is 0 Å². The van der Waals surface area contributed by atoms with Crippen LogP contribution in [0.3, 0.4) is 0 Å². The van der Waals surface area contributed by atoms with Crippen molar-refractivity contribution in [3.05, 3.63) is 64.9 Å². The van der Waals surface area contributed by atoms with E-state index in [1.807, 2.05) is 11.0 Å². The van der Waals surface area contributed by atoms with Crippen molar-refractivity contribution < 1.29 is 19.8 Å². The van der Waals surface area contributed by atoms with Crippen LogP contribution in [0.25, 0.3) is 0 Å². The zero-order chi connectivity index (χ0) is 22.0. The Hall–Kier alpha value is -2.97. The summed E-state index contributed by atoms with van der Waals surface area (Å²) in [7, 11) is 0. The summed E-state index contributed by atoms with van der Waals surface area (Å²) in [6, 6.07) is 10.6. The van der Waals surface area contributed by atoms with Gasteiger partial charge in [-0.3, -0.25) is 9.78 Å². The van der Waals surface area contributed by atoms with Gasteiger partial charge in [0.25, 0.3) is 5.91 Å². The van der Waals surface area contributed by atoms with Gasteiger partial charge in [-0.25, -0.2) is 9.79 Å². The fraction of sp³-hybridized carbons (Fsp3) is 0.364. The number of amides is 1. The number of pyridine rings is 1. The number of carboxylic acid groups (broad SMARTS) is 1. The van der Waals surface area contributed by atoms with Crippen LogP contribution in [-0.2, 0) is 4.79 Å². The van der Waals surface area contributed by atoms with E-state index in [0.29, 0.717) is 54.6 Å². The van der Waals surface area contributed by atoms with Gasteiger partial charge in [-0.05, 0) is 30.7 Å². The first-order valence-corrected chi connectivity index (χ1v) is 10.5. The van der Waals surface area contributed by atoms with Gasteiger partial charge in [0, 0.05) is 56.7 Å². The zero-order valence-electron chi connectivity index (χ0n) is 16.8. The summed E-state index contributed by atoms with van der Waals surface area (Å²) in [5.74, 6) is -1.05. The minimum Gasteiger partial charge on any atom is -0.479 e. The number of carbonyl (C=O) groups is 2. The Morgan fingerprint density at radius 1 is 1.13 bits per heavy atom. The number of hydrogen-bond acceptors (Lipinski definition) is 5. The van der Waals surface area contributed by atoms with Crippen LogP contribution in [0, 0.1) is 5.92 Å². The van der Waals surface area contributed by atoms with Gasteiger partial charge in [0.1, 0.15) is 5.84 Å². The number of carboxylic acids is 1. The molecule has 2 atom stereocenters. The molecule has 1 aliphatic heterocycles. The van der Waals surface area contributed by atoms with Crippen LogP contribution in [0.4, 0.5) is 0 Å². The first kappa shape index (κ1) is 21.3. The Morgan fingerprint density at radius 2 is 1.84 bits per heavy atom. The minimum atomic E-state index is -1.32. The number of aliphatic imine (C=N–C) groups is 1. The normalized spacial score (nSPS) is 23.5. The van der Waals surface area contributed by atoms with Crippen molar-refractivity contribution in [1.82, 2.24) is 14.8 Å². The number of halogens is 1. The molecule has 0 spiro atoms. The molecule has 1 aliphatic carbocycles. The quantitative estimate of drug-likeness (QED) is 0.540. The number of piperazine rings is 1. The number of aliphatic carboxylic acids is 1. The molecule has 1 amide bonds. The van der Waals surface area contributed by atoms with Crippen molar-refractivity contribution in [2.45, 2.75) is 12.0 Å². The van der Waals surface area contributed by atoms with Gasteiger partial charge in [-0.2, -0.15) is 0 Å². The first-order valence-electron chi connectivity index (χ1n) is 10.1. The van der Waals surface area contributed by atoms with E-state index in [9.17, 15) is 19.8 Å². The second-order valence-corrected chi connectivity index (χ2v) is 8.16. The third kappa shape index (κ3) is 4.13. The molecule has 1 saturated heterocycles. The van der Waals surface area contributed by atoms with Crippen LogP contribution in [0.1, 0.15) is 22.3 Å². The Labute approximate surface area is 184 Å². The predicted molar refractivity (Wildman–Crippen MR) is 115 cm³/mol. The maximum Gasteiger partial charge on any atom is 0.332 e. The van der Waals surface area contributed by atoms with Crippen LogP contribution in [-0.4, -0.2) is 81.0 Å². The fourth-order valence-electron chi connectivity index (χ4n) is 3.91. The molecule has 4 rings (SSSR count). The Morgan fingerprint density at radius 3 is 2.42 bits per heavy atom. The number of rotatable bonds is 5. The lowest BCUT2D eigenvalue weighted by atomic mass is 10.1. The smallest absolute Gasteiger partial charge is 0.332 e. The number of aliphatic hydroxyl groups is 1. The summed E-state index contributed by atoms with van der Waals surface area (Å²) >= 11 is 6.17. The number of benzene rings is 1. The van der Waals surface area contributed by atoms with Crippen molar-refractivity contribution in [2.75, 3.05) is 32.8 Å². The highest BCUT2D eigenvalue weighted by Gasteiger charge is 2.61. The molecule has 0 radical (unpaired) electrons. The van der Waals surface area contributed by atoms with Crippen molar-refractivity contribution in [2.24, 2.45) is 10.9 Å². The molecule has 8 nitrogen and oxygen atoms in total. The zero-order valence-corrected chi connectivity index (χ0v) is 17.6. The standard InChI is InChI=1S/C22H23ClN4O4/c23-18-6-2-1-5-17(18)20(29)27-10-8-26(9-11-27)19(15-4-3-7-24-13-15)25-22(21(30)31)12-16(22)14-28/h1-7,13,16,28H,8-12,14H2,(H,30,31). The number of aromatic nitrogens is 1. The van der Waals surface area contributed by atoms with E-state index in [0.717, 1.165) is 0 Å². The molecule has 2 N–H and O–H groups in total. The van der Waals surface area contributed by atoms with Gasteiger partial charge in [-0.15, -0.1) is 0 Å². The predicted octanol–water partition coefficient (Wildman–Crippen LogP) is 1.78. The second kappa shape index (κ2) is 8.64. The van der Waals surface area contributed by atoms with Gasteiger partial charge in [0.05, 0.1) is 10.6 Å². The summed E-state index contributed by atoms with van der Waals surface area (Å²) in [5.41, 5.74) is -0.144. The summed E-state index contributed by atoms with van der Waals surface area (Å²) < 4.78 is 0. The van der Waals surface area contributed by atoms with Crippen LogP contribution in [0.5, 0.6) is 0 Å². The third-order valence-electron chi connectivity index (χ3n) is 5.86. The van der Waals surface area contributed by atoms with Crippen molar-refractivity contribution in [3.8, 4) is 0 Å². The number of hydrogen-bond donors (Lipinski definition) is 2. The first-order chi connectivity index (χ1) is 15.0. The van der Waals surface area contributed by atoms with Crippen LogP contribution in [0.15, 0.2) is 53.8 Å². The number of carbonyl (C=O) groups excluding carboxylic acids is 1. The maximum absolute atomic E-state index is 12.9. The van der Waals surface area contributed by atoms with E-state index in [2.05, 4.69) is 9.98 Å². The molecule has 1 aromatic heterocycles. The van der Waals surface area contributed by atoms with Crippen LogP contribution in [0.2, 0.25) is 5.02 Å². The highest BCUT2D eigenvalue weighted by Crippen LogP contribution is 2.47. The van der Waals surface area contributed by atoms with E-state index in [4.69, 9.17) is 11.6 Å². The second-order valence-electron chi connectivity index (χ2n) is 7.75. The summed E-state index contributed by atoms with van der Waals surface area (Å²) in [5, 5.41) is 19.7. The molecule has 0 bridgehead atoms. The Bertz CT molecular complexity index is 1010. The average Bonchev–Trinajstić information content (AvgIpc) is 3.53. The van der Waals surface area contributed by atoms with Gasteiger partial charge >= 0.3 is 5.97 Å². The topological polar surface area (TPSA) is 106 Å². The molecule has 1 saturated carbocycles. The van der Waals surface area contributed by atoms with Crippen molar-refractivity contribution in [3.63, 3.8) is 0 Å². The Kier molecular flexibility index (Phi) is 5.93. The number of nitrogens with zero attached hydrogens (tertiary/aromatic N) is 4. The van der Waals surface area contributed by atoms with E-state index in [-0.39, 0.29) is 12.5 Å². The molecule has 2 fully saturated rings. The molecule has 2 heterocycles. The van der Waals surface area contributed by atoms with Gasteiger partial charge in [0.2, 0.25) is 0 Å². The van der Waals surface area contributed by atoms with Gasteiger partial charge in [-0.1, -0.05) is 23.7 Å². The summed E-state index contributed by atoms with van der Waals surface area (Å²) in [6.07, 6.45) is 3.58. The molecule has 9 heteroatoms. The minimum absolute atomic E-state index is 0.130. The summed E-state index contributed by atoms with van der Waals surface area (Å²) in [4.78, 5) is 37.3. The lowest BCUT2D eigenvalue weighted by Gasteiger charge is -2.37. The van der Waals surface area contributed by atoms with Crippen LogP contribution < -0.4 is 0 Å². The number of aliphatic hydroxyl groups excluding tert-OH is 1. The third-order valence-corrected chi connectivity index (χ3v) is 6.19. The fourth-order valence-corrected chi connectivity index (χ4v) is 4.12. The summed E-state index contributed by atoms with van der Waals surface area (Å²) in [6.45, 7) is 1.66. The average molecular weight is 443 g/mol. The molecule has 31 heavy (non-hydrogen) atoms. The molecule has 162 valence electrons. The van der Waals surface area contributed by atoms with Gasteiger partial charge in [0.15, 0.2) is 5.54 Å². The van der Waals surface area contributed by atoms with E-state index >= 15 is 0 Å². The Balaban J connectivity index is 1.56. The lowest BCUT2D eigenvalue weighted by molar-refractivity contribution is -0.140. The molecular weight excluding hydrogens is 420 g/mol. The molecule has 2 aromatic rings. The highest BCUT2D eigenvalue weighted by molar-refractivity contribution is 6.33. The largest absolute Gasteiger partial charge is 0.479 e. The molecule has 2 aliphatic rings. The molecule has 1 aromatic carbocycles. The monoisotopic (exact) mass is 442 g/mol. The molecule has 2 unspecified atom stereocenters. The number of amidine groups is 1. The maximum atomic E-state index is 12.9. The van der Waals surface area contributed by atoms with E-state index in [1.54, 1.807) is 47.6 Å². The van der Waals surface area contributed by atoms with Crippen molar-refractivity contribution >= 4 is 29.3 Å². The molecular formula is C22H23ClN4O4. The lowest BCUT2D eigenvalue weighted by Crippen LogP contribution is -2.51. The van der Waals surface area contributed by atoms with Gasteiger partial charge < -0.3 is 20.0 Å². The van der Waals surface area contributed by atoms with Crippen LogP contribution >= 0.6 is 11.6 Å². The van der Waals surface area contributed by atoms with E-state index < -0.39 is 17.4 Å². The van der Waals surface area contributed by atoms with E-state index in [1.165, 1.54) is 0 Å². The highest BCUT2D eigenvalue weighted by atomic mass is 35.5. The SMILES string of the molecule is O=C(c1ccccc1Cl)N1CCN(C(=NC2(C(=O)O)CC2CO)c2cccnc2)CC1.